The molecule has 0 aromatic heterocycles. The van der Waals surface area contributed by atoms with Crippen LogP contribution in [0.25, 0.3) is 0 Å². The Kier molecular flexibility index (Phi) is 2.80. The van der Waals surface area contributed by atoms with Crippen LogP contribution >= 0.6 is 0 Å². The summed E-state index contributed by atoms with van der Waals surface area (Å²) in [6.45, 7) is 1.82. The molecule has 1 aliphatic carbocycles. The van der Waals surface area contributed by atoms with Gasteiger partial charge < -0.3 is 15.5 Å². The van der Waals surface area contributed by atoms with Gasteiger partial charge in [-0.15, -0.1) is 0 Å². The molecule has 2 N–H and O–H groups in total. The molecular formula is C10H15N3O3. The van der Waals surface area contributed by atoms with E-state index in [1.807, 2.05) is 0 Å². The highest BCUT2D eigenvalue weighted by Crippen LogP contribution is 2.31. The molecule has 2 fully saturated rings. The summed E-state index contributed by atoms with van der Waals surface area (Å²) in [7, 11) is 0. The van der Waals surface area contributed by atoms with Crippen LogP contribution in [0.15, 0.2) is 0 Å². The molecule has 0 radical (unpaired) electrons. The van der Waals surface area contributed by atoms with Crippen molar-refractivity contribution in [3.8, 4) is 0 Å². The maximum absolute atomic E-state index is 11.7. The fourth-order valence-electron chi connectivity index (χ4n) is 1.87. The molecule has 0 atom stereocenters. The third kappa shape index (κ3) is 2.15. The summed E-state index contributed by atoms with van der Waals surface area (Å²) in [5, 5.41) is 0. The Hall–Kier alpha value is -1.59. The van der Waals surface area contributed by atoms with Gasteiger partial charge in [0.2, 0.25) is 5.91 Å². The SMILES string of the molecule is NC(=O)C(=O)N1CCN(C(=O)C2CC2)CC1. The molecule has 1 saturated heterocycles. The van der Waals surface area contributed by atoms with Crippen molar-refractivity contribution in [2.45, 2.75) is 12.8 Å². The minimum Gasteiger partial charge on any atom is -0.361 e. The molecule has 1 heterocycles. The summed E-state index contributed by atoms with van der Waals surface area (Å²) in [6, 6.07) is 0. The molecule has 0 unspecified atom stereocenters. The van der Waals surface area contributed by atoms with Gasteiger partial charge in [0.25, 0.3) is 0 Å². The summed E-state index contributed by atoms with van der Waals surface area (Å²) in [5.74, 6) is -1.19. The second-order valence-electron chi connectivity index (χ2n) is 4.26. The van der Waals surface area contributed by atoms with Crippen LogP contribution in [0.2, 0.25) is 0 Å². The summed E-state index contributed by atoms with van der Waals surface area (Å²) in [4.78, 5) is 36.8. The topological polar surface area (TPSA) is 83.7 Å². The fraction of sp³-hybridized carbons (Fsp3) is 0.700. The quantitative estimate of drug-likeness (QED) is 0.554. The van der Waals surface area contributed by atoms with Gasteiger partial charge in [-0.3, -0.25) is 14.4 Å². The standard InChI is InChI=1S/C10H15N3O3/c11-8(14)10(16)13-5-3-12(4-6-13)9(15)7-1-2-7/h7H,1-6H2,(H2,11,14). The lowest BCUT2D eigenvalue weighted by Gasteiger charge is -2.34. The van der Waals surface area contributed by atoms with E-state index in [2.05, 4.69) is 0 Å². The van der Waals surface area contributed by atoms with E-state index in [9.17, 15) is 14.4 Å². The zero-order valence-electron chi connectivity index (χ0n) is 9.02. The van der Waals surface area contributed by atoms with E-state index in [0.717, 1.165) is 12.8 Å². The molecule has 6 nitrogen and oxygen atoms in total. The Morgan fingerprint density at radius 2 is 1.44 bits per heavy atom. The minimum absolute atomic E-state index is 0.186. The van der Waals surface area contributed by atoms with Crippen molar-refractivity contribution >= 4 is 17.7 Å². The highest BCUT2D eigenvalue weighted by molar-refractivity contribution is 6.34. The molecule has 6 heteroatoms. The zero-order chi connectivity index (χ0) is 11.7. The van der Waals surface area contributed by atoms with Gasteiger partial charge in [0.15, 0.2) is 0 Å². The Balaban J connectivity index is 1.84. The minimum atomic E-state index is -0.929. The van der Waals surface area contributed by atoms with E-state index >= 15 is 0 Å². The second-order valence-corrected chi connectivity index (χ2v) is 4.26. The third-order valence-electron chi connectivity index (χ3n) is 3.02. The zero-order valence-corrected chi connectivity index (χ0v) is 9.02. The van der Waals surface area contributed by atoms with Crippen LogP contribution in [0.1, 0.15) is 12.8 Å². The van der Waals surface area contributed by atoms with Crippen LogP contribution < -0.4 is 5.73 Å². The van der Waals surface area contributed by atoms with Gasteiger partial charge in [0.1, 0.15) is 0 Å². The smallest absolute Gasteiger partial charge is 0.311 e. The number of hydrogen-bond acceptors (Lipinski definition) is 3. The first-order valence-corrected chi connectivity index (χ1v) is 5.47. The Labute approximate surface area is 93.4 Å². The van der Waals surface area contributed by atoms with E-state index in [1.165, 1.54) is 4.90 Å². The number of carbonyl (C=O) groups excluding carboxylic acids is 3. The lowest BCUT2D eigenvalue weighted by Crippen LogP contribution is -2.53. The van der Waals surface area contributed by atoms with Crippen LogP contribution in [0.3, 0.4) is 0 Å². The first-order chi connectivity index (χ1) is 7.59. The fourth-order valence-corrected chi connectivity index (χ4v) is 1.87. The Morgan fingerprint density at radius 1 is 0.938 bits per heavy atom. The predicted molar refractivity (Wildman–Crippen MR) is 55.1 cm³/mol. The molecule has 3 amide bonds. The van der Waals surface area contributed by atoms with Crippen LogP contribution in [-0.4, -0.2) is 53.7 Å². The van der Waals surface area contributed by atoms with Gasteiger partial charge in [0.05, 0.1) is 0 Å². The summed E-state index contributed by atoms with van der Waals surface area (Å²) >= 11 is 0. The van der Waals surface area contributed by atoms with Gasteiger partial charge in [-0.1, -0.05) is 0 Å². The number of hydrogen-bond donors (Lipinski definition) is 1. The van der Waals surface area contributed by atoms with Crippen LogP contribution in [0.4, 0.5) is 0 Å². The van der Waals surface area contributed by atoms with Crippen molar-refractivity contribution in [2.24, 2.45) is 11.7 Å². The van der Waals surface area contributed by atoms with Crippen molar-refractivity contribution in [3.63, 3.8) is 0 Å². The summed E-state index contributed by atoms with van der Waals surface area (Å²) in [5.41, 5.74) is 4.91. The van der Waals surface area contributed by atoms with E-state index in [0.29, 0.717) is 26.2 Å². The van der Waals surface area contributed by atoms with Crippen LogP contribution in [0, 0.1) is 5.92 Å². The molecule has 16 heavy (non-hydrogen) atoms. The summed E-state index contributed by atoms with van der Waals surface area (Å²) < 4.78 is 0. The van der Waals surface area contributed by atoms with E-state index in [4.69, 9.17) is 5.73 Å². The van der Waals surface area contributed by atoms with Gasteiger partial charge >= 0.3 is 11.8 Å². The molecule has 2 aliphatic rings. The first kappa shape index (κ1) is 10.9. The highest BCUT2D eigenvalue weighted by atomic mass is 16.2. The average Bonchev–Trinajstić information content (AvgIpc) is 3.11. The van der Waals surface area contributed by atoms with Gasteiger partial charge in [-0.25, -0.2) is 0 Å². The molecule has 1 saturated carbocycles. The van der Waals surface area contributed by atoms with Crippen molar-refractivity contribution in [2.75, 3.05) is 26.2 Å². The Morgan fingerprint density at radius 3 is 1.88 bits per heavy atom. The molecule has 0 aromatic carbocycles. The molecule has 0 spiro atoms. The lowest BCUT2D eigenvalue weighted by atomic mass is 10.2. The number of rotatable bonds is 1. The predicted octanol–water partition coefficient (Wildman–Crippen LogP) is -1.45. The second kappa shape index (κ2) is 4.11. The van der Waals surface area contributed by atoms with Crippen molar-refractivity contribution in [1.29, 1.82) is 0 Å². The number of carbonyl (C=O) groups is 3. The van der Waals surface area contributed by atoms with E-state index in [-0.39, 0.29) is 11.8 Å². The van der Waals surface area contributed by atoms with Crippen molar-refractivity contribution < 1.29 is 14.4 Å². The van der Waals surface area contributed by atoms with E-state index in [1.54, 1.807) is 4.90 Å². The van der Waals surface area contributed by atoms with Gasteiger partial charge in [0, 0.05) is 32.1 Å². The maximum atomic E-state index is 11.7. The highest BCUT2D eigenvalue weighted by Gasteiger charge is 2.35. The molecule has 0 bridgehead atoms. The van der Waals surface area contributed by atoms with Gasteiger partial charge in [-0.2, -0.15) is 0 Å². The number of primary amides is 1. The number of nitrogens with two attached hydrogens (primary N) is 1. The molecule has 2 rings (SSSR count). The van der Waals surface area contributed by atoms with Crippen LogP contribution in [0.5, 0.6) is 0 Å². The van der Waals surface area contributed by atoms with Gasteiger partial charge in [-0.05, 0) is 12.8 Å². The van der Waals surface area contributed by atoms with Crippen molar-refractivity contribution in [3.05, 3.63) is 0 Å². The monoisotopic (exact) mass is 225 g/mol. The number of nitrogens with zero attached hydrogens (tertiary/aromatic N) is 2. The largest absolute Gasteiger partial charge is 0.361 e. The Bertz CT molecular complexity index is 330. The molecular weight excluding hydrogens is 210 g/mol. The number of amides is 3. The summed E-state index contributed by atoms with van der Waals surface area (Å²) in [6.07, 6.45) is 1.97. The number of piperazine rings is 1. The maximum Gasteiger partial charge on any atom is 0.311 e. The molecule has 1 aliphatic heterocycles. The molecule has 88 valence electrons. The lowest BCUT2D eigenvalue weighted by molar-refractivity contribution is -0.147. The third-order valence-corrected chi connectivity index (χ3v) is 3.02. The molecule has 0 aromatic rings. The van der Waals surface area contributed by atoms with Crippen LogP contribution in [-0.2, 0) is 14.4 Å². The van der Waals surface area contributed by atoms with Crippen molar-refractivity contribution in [1.82, 2.24) is 9.80 Å². The average molecular weight is 225 g/mol. The van der Waals surface area contributed by atoms with E-state index < -0.39 is 11.8 Å². The first-order valence-electron chi connectivity index (χ1n) is 5.47. The normalized spacial score (nSPS) is 20.8.